The summed E-state index contributed by atoms with van der Waals surface area (Å²) in [6.07, 6.45) is 6.53. The van der Waals surface area contributed by atoms with E-state index in [9.17, 15) is 4.79 Å². The predicted molar refractivity (Wildman–Crippen MR) is 140 cm³/mol. The SMILES string of the molecule is CC.COCCCCn1c(C(=O)N(C(C)C)[C@@H]2CCCNC2)c(OCC2CC2)c2ccccc21. The van der Waals surface area contributed by atoms with Crippen LogP contribution in [0.4, 0.5) is 0 Å². The van der Waals surface area contributed by atoms with Gasteiger partial charge in [0.05, 0.1) is 12.1 Å². The van der Waals surface area contributed by atoms with Crippen molar-refractivity contribution in [1.29, 1.82) is 0 Å². The molecule has 34 heavy (non-hydrogen) atoms. The average Bonchev–Trinajstić information content (AvgIpc) is 3.64. The Kier molecular flexibility index (Phi) is 10.3. The number of rotatable bonds is 11. The van der Waals surface area contributed by atoms with E-state index in [1.165, 1.54) is 12.8 Å². The lowest BCUT2D eigenvalue weighted by atomic mass is 10.0. The van der Waals surface area contributed by atoms with Crippen LogP contribution in [-0.2, 0) is 11.3 Å². The molecular formula is C28H45N3O3. The number of aromatic nitrogens is 1. The number of nitrogens with zero attached hydrogens (tertiary/aromatic N) is 2. The minimum atomic E-state index is 0.0995. The van der Waals surface area contributed by atoms with E-state index in [1.54, 1.807) is 7.11 Å². The van der Waals surface area contributed by atoms with Gasteiger partial charge >= 0.3 is 0 Å². The van der Waals surface area contributed by atoms with Crippen LogP contribution < -0.4 is 10.1 Å². The highest BCUT2D eigenvalue weighted by molar-refractivity contribution is 6.04. The van der Waals surface area contributed by atoms with Gasteiger partial charge in [-0.1, -0.05) is 26.0 Å². The topological polar surface area (TPSA) is 55.7 Å². The minimum absolute atomic E-state index is 0.0995. The summed E-state index contributed by atoms with van der Waals surface area (Å²) in [5.74, 6) is 1.51. The zero-order valence-electron chi connectivity index (χ0n) is 21.9. The molecule has 2 aliphatic rings. The lowest BCUT2D eigenvalue weighted by Crippen LogP contribution is -2.52. The maximum Gasteiger partial charge on any atom is 0.274 e. The number of amides is 1. The number of hydrogen-bond acceptors (Lipinski definition) is 4. The molecule has 2 fully saturated rings. The average molecular weight is 472 g/mol. The van der Waals surface area contributed by atoms with Gasteiger partial charge in [-0.15, -0.1) is 0 Å². The number of fused-ring (bicyclic) bond motifs is 1. The fraction of sp³-hybridized carbons (Fsp3) is 0.679. The van der Waals surface area contributed by atoms with Crippen molar-refractivity contribution in [2.24, 2.45) is 5.92 Å². The number of piperidine rings is 1. The Bertz CT molecular complexity index is 898. The van der Waals surface area contributed by atoms with E-state index in [-0.39, 0.29) is 18.0 Å². The van der Waals surface area contributed by atoms with E-state index in [0.29, 0.717) is 12.5 Å². The molecule has 190 valence electrons. The van der Waals surface area contributed by atoms with E-state index in [4.69, 9.17) is 9.47 Å². The van der Waals surface area contributed by atoms with Crippen LogP contribution >= 0.6 is 0 Å². The Hall–Kier alpha value is -2.05. The van der Waals surface area contributed by atoms with Gasteiger partial charge in [-0.05, 0) is 77.0 Å². The molecule has 1 amide bonds. The van der Waals surface area contributed by atoms with Crippen LogP contribution in [0.1, 0.15) is 76.7 Å². The van der Waals surface area contributed by atoms with E-state index in [1.807, 2.05) is 19.9 Å². The normalized spacial score (nSPS) is 18.0. The first-order valence-corrected chi connectivity index (χ1v) is 13.4. The quantitative estimate of drug-likeness (QED) is 0.441. The van der Waals surface area contributed by atoms with E-state index < -0.39 is 0 Å². The summed E-state index contributed by atoms with van der Waals surface area (Å²) in [5, 5.41) is 4.53. The summed E-state index contributed by atoms with van der Waals surface area (Å²) in [6.45, 7) is 12.4. The van der Waals surface area contributed by atoms with Crippen LogP contribution in [0.15, 0.2) is 24.3 Å². The van der Waals surface area contributed by atoms with Gasteiger partial charge in [-0.25, -0.2) is 0 Å². The second kappa shape index (κ2) is 13.1. The molecule has 0 unspecified atom stereocenters. The van der Waals surface area contributed by atoms with Gasteiger partial charge in [0, 0.05) is 44.3 Å². The van der Waals surface area contributed by atoms with Crippen molar-refractivity contribution >= 4 is 16.8 Å². The van der Waals surface area contributed by atoms with E-state index >= 15 is 0 Å². The highest BCUT2D eigenvalue weighted by Gasteiger charge is 2.34. The Morgan fingerprint density at radius 2 is 1.94 bits per heavy atom. The summed E-state index contributed by atoms with van der Waals surface area (Å²) >= 11 is 0. The minimum Gasteiger partial charge on any atom is -0.490 e. The molecule has 0 spiro atoms. The molecule has 1 aliphatic carbocycles. The van der Waals surface area contributed by atoms with Crippen LogP contribution in [0.2, 0.25) is 0 Å². The van der Waals surface area contributed by atoms with Crippen molar-refractivity contribution in [3.8, 4) is 5.75 Å². The highest BCUT2D eigenvalue weighted by atomic mass is 16.5. The lowest BCUT2D eigenvalue weighted by molar-refractivity contribution is 0.0557. The van der Waals surface area contributed by atoms with E-state index in [2.05, 4.69) is 46.8 Å². The maximum atomic E-state index is 14.2. The first-order valence-electron chi connectivity index (χ1n) is 13.4. The zero-order valence-corrected chi connectivity index (χ0v) is 21.9. The number of unbranched alkanes of at least 4 members (excludes halogenated alkanes) is 1. The molecule has 1 N–H and O–H groups in total. The zero-order chi connectivity index (χ0) is 24.5. The number of methoxy groups -OCH3 is 1. The van der Waals surface area contributed by atoms with Crippen molar-refractivity contribution in [1.82, 2.24) is 14.8 Å². The Morgan fingerprint density at radius 3 is 2.59 bits per heavy atom. The first-order chi connectivity index (χ1) is 16.6. The molecular weight excluding hydrogens is 426 g/mol. The monoisotopic (exact) mass is 471 g/mol. The molecule has 2 aromatic rings. The Labute approximate surface area is 206 Å². The molecule has 0 radical (unpaired) electrons. The van der Waals surface area contributed by atoms with Crippen molar-refractivity contribution in [2.75, 3.05) is 33.4 Å². The largest absolute Gasteiger partial charge is 0.490 e. The van der Waals surface area contributed by atoms with Gasteiger partial charge in [-0.3, -0.25) is 4.79 Å². The van der Waals surface area contributed by atoms with Crippen molar-refractivity contribution < 1.29 is 14.3 Å². The van der Waals surface area contributed by atoms with Crippen LogP contribution in [0.5, 0.6) is 5.75 Å². The molecule has 1 saturated carbocycles. The standard InChI is InChI=1S/C26H39N3O3.C2H6/c1-19(2)29(21-9-8-14-27-17-21)26(30)24-25(32-18-20-12-13-20)22-10-4-5-11-23(22)28(24)15-6-7-16-31-3;1-2/h4-5,10-11,19-21,27H,6-9,12-18H2,1-3H3;1-2H3/t21-;/m1./s1. The molecule has 0 bridgehead atoms. The first kappa shape index (κ1) is 26.6. The number of aryl methyl sites for hydroxylation is 1. The number of hydrogen-bond donors (Lipinski definition) is 1. The van der Waals surface area contributed by atoms with Crippen molar-refractivity contribution in [3.63, 3.8) is 0 Å². The van der Waals surface area contributed by atoms with Crippen LogP contribution in [0, 0.1) is 5.92 Å². The summed E-state index contributed by atoms with van der Waals surface area (Å²) in [4.78, 5) is 16.3. The van der Waals surface area contributed by atoms with Gasteiger partial charge in [0.1, 0.15) is 0 Å². The third-order valence-corrected chi connectivity index (χ3v) is 6.72. The summed E-state index contributed by atoms with van der Waals surface area (Å²) in [7, 11) is 1.74. The van der Waals surface area contributed by atoms with Gasteiger partial charge in [-0.2, -0.15) is 0 Å². The predicted octanol–water partition coefficient (Wildman–Crippen LogP) is 5.49. The summed E-state index contributed by atoms with van der Waals surface area (Å²) < 4.78 is 13.9. The molecule has 6 heteroatoms. The second-order valence-electron chi connectivity index (χ2n) is 9.61. The number of carbonyl (C=O) groups excluding carboxylic acids is 1. The van der Waals surface area contributed by atoms with Crippen LogP contribution in [0.25, 0.3) is 10.9 Å². The lowest BCUT2D eigenvalue weighted by Gasteiger charge is -2.38. The Balaban J connectivity index is 0.00000158. The third kappa shape index (κ3) is 6.33. The Morgan fingerprint density at radius 1 is 1.18 bits per heavy atom. The third-order valence-electron chi connectivity index (χ3n) is 6.72. The molecule has 1 aliphatic heterocycles. The maximum absolute atomic E-state index is 14.2. The molecule has 1 aromatic heterocycles. The number of para-hydroxylation sites is 1. The number of benzene rings is 1. The van der Waals surface area contributed by atoms with Crippen molar-refractivity contribution in [2.45, 2.75) is 84.8 Å². The molecule has 1 aromatic carbocycles. The number of carbonyl (C=O) groups is 1. The smallest absolute Gasteiger partial charge is 0.274 e. The van der Waals surface area contributed by atoms with Gasteiger partial charge < -0.3 is 24.3 Å². The fourth-order valence-electron chi connectivity index (χ4n) is 4.88. The summed E-state index contributed by atoms with van der Waals surface area (Å²) in [6, 6.07) is 8.66. The van der Waals surface area contributed by atoms with Gasteiger partial charge in [0.15, 0.2) is 11.4 Å². The highest BCUT2D eigenvalue weighted by Crippen LogP contribution is 2.38. The van der Waals surface area contributed by atoms with Crippen LogP contribution in [0.3, 0.4) is 0 Å². The van der Waals surface area contributed by atoms with Crippen molar-refractivity contribution in [3.05, 3.63) is 30.0 Å². The van der Waals surface area contributed by atoms with Crippen LogP contribution in [-0.4, -0.2) is 60.9 Å². The second-order valence-corrected chi connectivity index (χ2v) is 9.61. The molecule has 6 nitrogen and oxygen atoms in total. The number of nitrogens with one attached hydrogen (secondary N) is 1. The van der Waals surface area contributed by atoms with Gasteiger partial charge in [0.25, 0.3) is 5.91 Å². The fourth-order valence-corrected chi connectivity index (χ4v) is 4.88. The van der Waals surface area contributed by atoms with Gasteiger partial charge in [0.2, 0.25) is 0 Å². The molecule has 1 saturated heterocycles. The summed E-state index contributed by atoms with van der Waals surface area (Å²) in [5.41, 5.74) is 1.81. The van der Waals surface area contributed by atoms with E-state index in [0.717, 1.165) is 74.3 Å². The number of ether oxygens (including phenoxy) is 2. The molecule has 2 heterocycles. The molecule has 4 rings (SSSR count). The molecule has 1 atom stereocenters.